The molecule has 1 spiro atoms. The largest absolute Gasteiger partial charge is 0.393 e. The Morgan fingerprint density at radius 2 is 1.58 bits per heavy atom. The van der Waals surface area contributed by atoms with Gasteiger partial charge in [0.25, 0.3) is 0 Å². The molecule has 0 bridgehead atoms. The summed E-state index contributed by atoms with van der Waals surface area (Å²) in [5.41, 5.74) is 0.657. The summed E-state index contributed by atoms with van der Waals surface area (Å²) in [6.45, 7) is 6.24. The van der Waals surface area contributed by atoms with Gasteiger partial charge < -0.3 is 20.8 Å². The summed E-state index contributed by atoms with van der Waals surface area (Å²) < 4.78 is 16.8. The van der Waals surface area contributed by atoms with Gasteiger partial charge in [-0.25, -0.2) is 4.39 Å². The molecule has 4 aromatic rings. The average molecular weight is 759 g/mol. The summed E-state index contributed by atoms with van der Waals surface area (Å²) in [7, 11) is 0. The number of carbonyl (C=O) groups excluding carboxylic acids is 2. The number of likely N-dealkylation sites (tertiary alicyclic amines) is 1. The molecule has 3 aliphatic rings. The van der Waals surface area contributed by atoms with Gasteiger partial charge in [0.1, 0.15) is 11.2 Å². The lowest BCUT2D eigenvalue weighted by Gasteiger charge is -2.44. The molecule has 4 N–H and O–H groups in total. The van der Waals surface area contributed by atoms with Crippen molar-refractivity contribution in [3.63, 3.8) is 0 Å². The summed E-state index contributed by atoms with van der Waals surface area (Å²) in [5, 5.41) is 29.6. The van der Waals surface area contributed by atoms with Crippen LogP contribution in [0.15, 0.2) is 97.1 Å². The van der Waals surface area contributed by atoms with E-state index in [-0.39, 0.29) is 28.4 Å². The fourth-order valence-corrected chi connectivity index (χ4v) is 9.56. The van der Waals surface area contributed by atoms with Gasteiger partial charge in [-0.3, -0.25) is 14.5 Å². The van der Waals surface area contributed by atoms with E-state index in [1.54, 1.807) is 24.3 Å². The Labute approximate surface area is 320 Å². The molecular weight excluding hydrogens is 712 g/mol. The van der Waals surface area contributed by atoms with Crippen LogP contribution in [0.1, 0.15) is 93.2 Å². The molecule has 0 radical (unpaired) electrons. The van der Waals surface area contributed by atoms with Crippen LogP contribution in [0.2, 0.25) is 10.0 Å². The number of carbonyl (C=O) groups is 2. The molecule has 53 heavy (non-hydrogen) atoms. The lowest BCUT2D eigenvalue weighted by molar-refractivity contribution is -0.130. The Morgan fingerprint density at radius 3 is 2.23 bits per heavy atom. The molecule has 1 saturated carbocycles. The van der Waals surface area contributed by atoms with E-state index in [0.717, 1.165) is 5.56 Å². The van der Waals surface area contributed by atoms with Gasteiger partial charge in [0.05, 0.1) is 29.3 Å². The van der Waals surface area contributed by atoms with Crippen molar-refractivity contribution in [3.05, 3.63) is 135 Å². The molecule has 278 valence electrons. The predicted octanol–water partition coefficient (Wildman–Crippen LogP) is 8.49. The Kier molecular flexibility index (Phi) is 10.5. The maximum Gasteiger partial charge on any atom is 0.238 e. The number of anilines is 1. The minimum Gasteiger partial charge on any atom is -0.393 e. The van der Waals surface area contributed by atoms with Crippen molar-refractivity contribution in [3.8, 4) is 0 Å². The maximum absolute atomic E-state index is 16.8. The smallest absolute Gasteiger partial charge is 0.238 e. The number of benzene rings is 4. The number of halogens is 3. The van der Waals surface area contributed by atoms with Crippen LogP contribution in [0.4, 0.5) is 10.1 Å². The predicted molar refractivity (Wildman–Crippen MR) is 206 cm³/mol. The van der Waals surface area contributed by atoms with Gasteiger partial charge in [-0.2, -0.15) is 0 Å². The lowest BCUT2D eigenvalue weighted by Crippen LogP contribution is -2.54. The minimum atomic E-state index is -1.53. The van der Waals surface area contributed by atoms with Crippen LogP contribution in [0, 0.1) is 11.2 Å². The Hall–Kier alpha value is -3.79. The topological polar surface area (TPSA) is 102 Å². The zero-order valence-corrected chi connectivity index (χ0v) is 31.6. The van der Waals surface area contributed by atoms with E-state index >= 15 is 14.0 Å². The quantitative estimate of drug-likeness (QED) is 0.145. The minimum absolute atomic E-state index is 0.123. The van der Waals surface area contributed by atoms with Crippen LogP contribution in [0.5, 0.6) is 0 Å². The number of amides is 2. The third kappa shape index (κ3) is 6.89. The molecule has 4 aromatic carbocycles. The van der Waals surface area contributed by atoms with Crippen molar-refractivity contribution in [1.29, 1.82) is 0 Å². The second kappa shape index (κ2) is 14.8. The van der Waals surface area contributed by atoms with E-state index < -0.39 is 52.9 Å². The van der Waals surface area contributed by atoms with E-state index in [1.807, 2.05) is 71.6 Å². The van der Waals surface area contributed by atoms with E-state index in [9.17, 15) is 10.2 Å². The number of nitrogens with one attached hydrogen (secondary N) is 2. The molecule has 7 nitrogen and oxygen atoms in total. The molecule has 6 atom stereocenters. The summed E-state index contributed by atoms with van der Waals surface area (Å²) >= 11 is 13.1. The van der Waals surface area contributed by atoms with Gasteiger partial charge >= 0.3 is 0 Å². The van der Waals surface area contributed by atoms with Crippen LogP contribution in [-0.2, 0) is 15.0 Å². The zero-order valence-electron chi connectivity index (χ0n) is 30.1. The first-order valence-corrected chi connectivity index (χ1v) is 19.2. The number of nitrogens with zero attached hydrogens (tertiary/aromatic N) is 1. The summed E-state index contributed by atoms with van der Waals surface area (Å²) in [6, 6.07) is 25.7. The van der Waals surface area contributed by atoms with Crippen LogP contribution in [0.3, 0.4) is 0 Å². The highest BCUT2D eigenvalue weighted by Crippen LogP contribution is 2.63. The summed E-state index contributed by atoms with van der Waals surface area (Å²) in [6.07, 6.45) is 1.02. The highest BCUT2D eigenvalue weighted by Gasteiger charge is 2.70. The Bertz CT molecular complexity index is 1970. The molecule has 1 aliphatic carbocycles. The van der Waals surface area contributed by atoms with Crippen molar-refractivity contribution < 1.29 is 24.2 Å². The first kappa shape index (κ1) is 37.5. The second-order valence-corrected chi connectivity index (χ2v) is 16.9. The molecule has 2 fully saturated rings. The van der Waals surface area contributed by atoms with Crippen LogP contribution < -0.4 is 10.6 Å². The molecule has 10 heteroatoms. The first-order chi connectivity index (χ1) is 25.3. The molecular formula is C43H46Cl2FN3O4. The summed E-state index contributed by atoms with van der Waals surface area (Å²) in [5.74, 6) is -2.57. The normalized spacial score (nSPS) is 26.9. The maximum atomic E-state index is 16.8. The average Bonchev–Trinajstić information content (AvgIpc) is 3.57. The second-order valence-electron chi connectivity index (χ2n) is 16.0. The number of rotatable bonds is 8. The molecule has 1 saturated heterocycles. The lowest BCUT2D eigenvalue weighted by atomic mass is 9.62. The number of hydrogen-bond acceptors (Lipinski definition) is 5. The van der Waals surface area contributed by atoms with Crippen molar-refractivity contribution in [2.24, 2.45) is 5.41 Å². The monoisotopic (exact) mass is 757 g/mol. The van der Waals surface area contributed by atoms with E-state index in [4.69, 9.17) is 23.2 Å². The van der Waals surface area contributed by atoms with Gasteiger partial charge in [-0.1, -0.05) is 123 Å². The van der Waals surface area contributed by atoms with Crippen molar-refractivity contribution in [2.75, 3.05) is 5.32 Å². The fraction of sp³-hybridized carbons (Fsp3) is 0.395. The molecule has 2 amide bonds. The van der Waals surface area contributed by atoms with Crippen LogP contribution in [-0.4, -0.2) is 51.2 Å². The Morgan fingerprint density at radius 1 is 0.943 bits per heavy atom. The highest BCUT2D eigenvalue weighted by atomic mass is 35.5. The first-order valence-electron chi connectivity index (χ1n) is 18.4. The molecule has 2 heterocycles. The standard InChI is InChI=1S/C43H46Cl2FN3O4/c1-42(2,3)24-34-43(31-22-17-27(44)23-33(31)48-41(43)53)35(30-15-10-16-32(45)36(30)46)38(40(52)47-28-18-20-29(50)21-19-28)49(34)37(25-11-6-4-7-12-25)39(51)26-13-8-5-9-14-26/h4-17,22-23,28-29,34-35,37-39,50-51H,18-21,24H2,1-3H3,(H,47,52)(H,48,53). The SMILES string of the molecule is CC(C)(C)CC1N(C(c2ccccc2)C(O)c2ccccc2)C(C(=O)NC2CCC(O)CC2)C(c2cccc(Cl)c2F)C12C(=O)Nc1cc(Cl)ccc12. The van der Waals surface area contributed by atoms with Gasteiger partial charge in [0.2, 0.25) is 11.8 Å². The molecule has 0 aromatic heterocycles. The summed E-state index contributed by atoms with van der Waals surface area (Å²) in [4.78, 5) is 32.6. The van der Waals surface area contributed by atoms with Gasteiger partial charge in [-0.05, 0) is 78.0 Å². The van der Waals surface area contributed by atoms with E-state index in [0.29, 0.717) is 53.9 Å². The third-order valence-electron chi connectivity index (χ3n) is 11.4. The van der Waals surface area contributed by atoms with Gasteiger partial charge in [0.15, 0.2) is 0 Å². The van der Waals surface area contributed by atoms with Crippen LogP contribution in [0.25, 0.3) is 0 Å². The zero-order chi connectivity index (χ0) is 37.7. The number of hydrogen-bond donors (Lipinski definition) is 4. The third-order valence-corrected chi connectivity index (χ3v) is 11.9. The van der Waals surface area contributed by atoms with Gasteiger partial charge in [-0.15, -0.1) is 0 Å². The van der Waals surface area contributed by atoms with Crippen molar-refractivity contribution in [1.82, 2.24) is 10.2 Å². The van der Waals surface area contributed by atoms with E-state index in [2.05, 4.69) is 31.4 Å². The number of aliphatic hydroxyl groups is 2. The Balaban J connectivity index is 1.56. The van der Waals surface area contributed by atoms with E-state index in [1.165, 1.54) is 6.07 Å². The van der Waals surface area contributed by atoms with Crippen molar-refractivity contribution in [2.45, 2.75) is 101 Å². The number of aliphatic hydroxyl groups excluding tert-OH is 2. The number of fused-ring (bicyclic) bond motifs is 2. The molecule has 2 aliphatic heterocycles. The fourth-order valence-electron chi connectivity index (χ4n) is 9.21. The van der Waals surface area contributed by atoms with Crippen molar-refractivity contribution >= 4 is 40.7 Å². The van der Waals surface area contributed by atoms with Gasteiger partial charge in [0, 0.05) is 28.7 Å². The molecule has 6 unspecified atom stereocenters. The highest BCUT2D eigenvalue weighted by molar-refractivity contribution is 6.31. The van der Waals surface area contributed by atoms with Crippen LogP contribution >= 0.6 is 23.2 Å². The molecule has 7 rings (SSSR count).